The highest BCUT2D eigenvalue weighted by Crippen LogP contribution is 2.31. The summed E-state index contributed by atoms with van der Waals surface area (Å²) in [5.41, 5.74) is 3.44. The SMILES string of the molecule is CC(C)Oc1ccccc1CNC(=O)c1ccc2cncc(-c3cc4ccccc4o3)c2n1. The van der Waals surface area contributed by atoms with Crippen LogP contribution in [0.4, 0.5) is 0 Å². The Balaban J connectivity index is 1.44. The van der Waals surface area contributed by atoms with E-state index in [1.807, 2.05) is 74.5 Å². The van der Waals surface area contributed by atoms with Gasteiger partial charge in [0.05, 0.1) is 17.2 Å². The van der Waals surface area contributed by atoms with Crippen molar-refractivity contribution in [3.05, 3.63) is 90.4 Å². The standard InChI is InChI=1S/C27H23N3O3/c1-17(2)32-24-10-6-4-8-19(24)15-29-27(31)22-12-11-20-14-28-16-21(26(20)30-22)25-13-18-7-3-5-9-23(18)33-25/h3-14,16-17H,15H2,1-2H3,(H,29,31). The smallest absolute Gasteiger partial charge is 0.270 e. The Labute approximate surface area is 191 Å². The topological polar surface area (TPSA) is 77.2 Å². The number of para-hydroxylation sites is 2. The number of hydrogen-bond donors (Lipinski definition) is 1. The minimum absolute atomic E-state index is 0.0503. The van der Waals surface area contributed by atoms with Crippen LogP contribution in [0, 0.1) is 0 Å². The molecule has 2 aromatic carbocycles. The fourth-order valence-corrected chi connectivity index (χ4v) is 3.75. The van der Waals surface area contributed by atoms with Crippen LogP contribution < -0.4 is 10.1 Å². The summed E-state index contributed by atoms with van der Waals surface area (Å²) in [6.45, 7) is 4.29. The van der Waals surface area contributed by atoms with Gasteiger partial charge in [-0.05, 0) is 44.2 Å². The highest BCUT2D eigenvalue weighted by Gasteiger charge is 2.15. The van der Waals surface area contributed by atoms with Crippen LogP contribution in [0.1, 0.15) is 29.9 Å². The lowest BCUT2D eigenvalue weighted by Gasteiger charge is -2.14. The Bertz CT molecular complexity index is 1420. The number of nitrogens with zero attached hydrogens (tertiary/aromatic N) is 2. The molecule has 0 bridgehead atoms. The van der Waals surface area contributed by atoms with E-state index in [9.17, 15) is 4.79 Å². The van der Waals surface area contributed by atoms with Crippen molar-refractivity contribution in [2.24, 2.45) is 0 Å². The molecule has 0 spiro atoms. The third-order valence-electron chi connectivity index (χ3n) is 5.30. The van der Waals surface area contributed by atoms with Crippen molar-refractivity contribution in [2.75, 3.05) is 0 Å². The Morgan fingerprint density at radius 1 is 1.00 bits per heavy atom. The molecule has 1 amide bonds. The summed E-state index contributed by atoms with van der Waals surface area (Å²) in [5.74, 6) is 1.17. The maximum absolute atomic E-state index is 12.9. The third kappa shape index (κ3) is 4.28. The van der Waals surface area contributed by atoms with Crippen LogP contribution >= 0.6 is 0 Å². The molecule has 0 aliphatic carbocycles. The molecule has 33 heavy (non-hydrogen) atoms. The number of rotatable bonds is 6. The zero-order valence-corrected chi connectivity index (χ0v) is 18.4. The zero-order chi connectivity index (χ0) is 22.8. The van der Waals surface area contributed by atoms with Gasteiger partial charge in [0, 0.05) is 35.3 Å². The van der Waals surface area contributed by atoms with Gasteiger partial charge >= 0.3 is 0 Å². The maximum Gasteiger partial charge on any atom is 0.270 e. The summed E-state index contributed by atoms with van der Waals surface area (Å²) in [4.78, 5) is 21.9. The number of carbonyl (C=O) groups excluding carboxylic acids is 1. The summed E-state index contributed by atoms with van der Waals surface area (Å²) in [6.07, 6.45) is 3.50. The van der Waals surface area contributed by atoms with Gasteiger partial charge in [0.25, 0.3) is 5.91 Å². The number of aromatic nitrogens is 2. The second-order valence-corrected chi connectivity index (χ2v) is 8.06. The van der Waals surface area contributed by atoms with E-state index in [4.69, 9.17) is 9.15 Å². The first-order valence-electron chi connectivity index (χ1n) is 10.8. The van der Waals surface area contributed by atoms with Crippen molar-refractivity contribution in [2.45, 2.75) is 26.5 Å². The monoisotopic (exact) mass is 437 g/mol. The summed E-state index contributed by atoms with van der Waals surface area (Å²) < 4.78 is 11.9. The molecule has 0 aliphatic rings. The molecule has 164 valence electrons. The van der Waals surface area contributed by atoms with E-state index < -0.39 is 0 Å². The predicted octanol–water partition coefficient (Wildman–Crippen LogP) is 5.76. The largest absolute Gasteiger partial charge is 0.491 e. The lowest BCUT2D eigenvalue weighted by molar-refractivity contribution is 0.0946. The van der Waals surface area contributed by atoms with Gasteiger partial charge in [-0.3, -0.25) is 9.78 Å². The number of carbonyl (C=O) groups is 1. The van der Waals surface area contributed by atoms with Crippen LogP contribution in [-0.4, -0.2) is 22.0 Å². The van der Waals surface area contributed by atoms with Gasteiger partial charge in [-0.25, -0.2) is 4.98 Å². The number of ether oxygens (including phenoxy) is 1. The molecule has 5 rings (SSSR count). The second-order valence-electron chi connectivity index (χ2n) is 8.06. The van der Waals surface area contributed by atoms with Crippen LogP contribution in [0.3, 0.4) is 0 Å². The number of hydrogen-bond acceptors (Lipinski definition) is 5. The molecule has 0 unspecified atom stereocenters. The highest BCUT2D eigenvalue weighted by molar-refractivity contribution is 5.98. The van der Waals surface area contributed by atoms with Crippen LogP contribution in [0.2, 0.25) is 0 Å². The van der Waals surface area contributed by atoms with E-state index in [-0.39, 0.29) is 12.0 Å². The predicted molar refractivity (Wildman–Crippen MR) is 128 cm³/mol. The molecule has 0 saturated heterocycles. The fraction of sp³-hybridized carbons (Fsp3) is 0.148. The molecule has 6 heteroatoms. The zero-order valence-electron chi connectivity index (χ0n) is 18.4. The van der Waals surface area contributed by atoms with E-state index in [2.05, 4.69) is 15.3 Å². The van der Waals surface area contributed by atoms with Crippen LogP contribution in [-0.2, 0) is 6.54 Å². The number of benzene rings is 2. The van der Waals surface area contributed by atoms with E-state index in [0.717, 1.165) is 33.2 Å². The quantitative estimate of drug-likeness (QED) is 0.365. The molecule has 0 aliphatic heterocycles. The normalized spacial score (nSPS) is 11.2. The lowest BCUT2D eigenvalue weighted by Crippen LogP contribution is -2.24. The van der Waals surface area contributed by atoms with Crippen LogP contribution in [0.15, 0.2) is 83.5 Å². The Morgan fingerprint density at radius 3 is 2.67 bits per heavy atom. The van der Waals surface area contributed by atoms with Gasteiger partial charge in [0.1, 0.15) is 22.8 Å². The molecule has 0 saturated carbocycles. The molecule has 0 radical (unpaired) electrons. The number of nitrogens with one attached hydrogen (secondary N) is 1. The van der Waals surface area contributed by atoms with Gasteiger partial charge in [-0.15, -0.1) is 0 Å². The molecular formula is C27H23N3O3. The first kappa shape index (κ1) is 20.7. The molecule has 6 nitrogen and oxygen atoms in total. The van der Waals surface area contributed by atoms with Gasteiger partial charge in [-0.1, -0.05) is 36.4 Å². The van der Waals surface area contributed by atoms with Crippen LogP contribution in [0.25, 0.3) is 33.2 Å². The molecule has 0 atom stereocenters. The minimum Gasteiger partial charge on any atom is -0.491 e. The minimum atomic E-state index is -0.261. The van der Waals surface area contributed by atoms with Crippen molar-refractivity contribution < 1.29 is 13.9 Å². The average molecular weight is 437 g/mol. The van der Waals surface area contributed by atoms with E-state index in [1.165, 1.54) is 0 Å². The van der Waals surface area contributed by atoms with Crippen molar-refractivity contribution in [3.8, 4) is 17.1 Å². The Kier molecular flexibility index (Phi) is 5.48. The van der Waals surface area contributed by atoms with Crippen LogP contribution in [0.5, 0.6) is 5.75 Å². The fourth-order valence-electron chi connectivity index (χ4n) is 3.75. The number of furan rings is 1. The first-order chi connectivity index (χ1) is 16.1. The van der Waals surface area contributed by atoms with Gasteiger partial charge in [0.2, 0.25) is 0 Å². The first-order valence-corrected chi connectivity index (χ1v) is 10.8. The molecule has 3 aromatic heterocycles. The van der Waals surface area contributed by atoms with Crippen molar-refractivity contribution >= 4 is 27.8 Å². The number of amides is 1. The Morgan fingerprint density at radius 2 is 1.82 bits per heavy atom. The van der Waals surface area contributed by atoms with Gasteiger partial charge in [0.15, 0.2) is 0 Å². The maximum atomic E-state index is 12.9. The highest BCUT2D eigenvalue weighted by atomic mass is 16.5. The van der Waals surface area contributed by atoms with E-state index in [1.54, 1.807) is 18.5 Å². The van der Waals surface area contributed by atoms with E-state index >= 15 is 0 Å². The Hall–Kier alpha value is -4.19. The molecule has 1 N–H and O–H groups in total. The summed E-state index contributed by atoms with van der Waals surface area (Å²) in [7, 11) is 0. The van der Waals surface area contributed by atoms with Gasteiger partial charge in [-0.2, -0.15) is 0 Å². The number of pyridine rings is 2. The van der Waals surface area contributed by atoms with Gasteiger partial charge < -0.3 is 14.5 Å². The second kappa shape index (κ2) is 8.74. The van der Waals surface area contributed by atoms with E-state index in [0.29, 0.717) is 23.5 Å². The molecule has 0 fully saturated rings. The molecular weight excluding hydrogens is 414 g/mol. The third-order valence-corrected chi connectivity index (χ3v) is 5.30. The summed E-state index contributed by atoms with van der Waals surface area (Å²) >= 11 is 0. The summed E-state index contributed by atoms with van der Waals surface area (Å²) in [5, 5.41) is 4.79. The average Bonchev–Trinajstić information content (AvgIpc) is 3.26. The lowest BCUT2D eigenvalue weighted by atomic mass is 10.1. The molecule has 3 heterocycles. The van der Waals surface area contributed by atoms with Crippen molar-refractivity contribution in [3.63, 3.8) is 0 Å². The molecule has 5 aromatic rings. The summed E-state index contributed by atoms with van der Waals surface area (Å²) in [6, 6.07) is 21.0. The van der Waals surface area contributed by atoms with Crippen molar-refractivity contribution in [1.82, 2.24) is 15.3 Å². The number of fused-ring (bicyclic) bond motifs is 2. The van der Waals surface area contributed by atoms with Crippen molar-refractivity contribution in [1.29, 1.82) is 0 Å².